The van der Waals surface area contributed by atoms with Crippen molar-refractivity contribution < 1.29 is 48.0 Å². The van der Waals surface area contributed by atoms with Gasteiger partial charge in [-0.15, -0.1) is 0 Å². The predicted molar refractivity (Wildman–Crippen MR) is 71.9 cm³/mol. The van der Waals surface area contributed by atoms with E-state index in [2.05, 4.69) is 0 Å². The van der Waals surface area contributed by atoms with Gasteiger partial charge in [-0.05, 0) is 12.8 Å². The third-order valence-electron chi connectivity index (χ3n) is 3.33. The van der Waals surface area contributed by atoms with E-state index in [1.165, 1.54) is 0 Å². The first-order chi connectivity index (χ1) is 11.0. The van der Waals surface area contributed by atoms with Gasteiger partial charge < -0.3 is 0 Å². The Bertz CT molecular complexity index is 731. The minimum atomic E-state index is -6.85. The normalized spacial score (nSPS) is 18.8. The van der Waals surface area contributed by atoms with Gasteiger partial charge in [0.1, 0.15) is 0 Å². The van der Waals surface area contributed by atoms with Gasteiger partial charge in [0.2, 0.25) is 5.91 Å². The Morgan fingerprint density at radius 2 is 1.32 bits per heavy atom. The number of alkyl halides is 6. The molecule has 7 nitrogen and oxygen atoms in total. The largest absolute Gasteiger partial charge is 0.433 e. The second-order valence-corrected chi connectivity index (χ2v) is 8.94. The van der Waals surface area contributed by atoms with Crippen LogP contribution in [0.1, 0.15) is 26.2 Å². The second-order valence-electron chi connectivity index (χ2n) is 5.23. The van der Waals surface area contributed by atoms with Gasteiger partial charge in [-0.1, -0.05) is 6.42 Å². The average molecular weight is 420 g/mol. The quantitative estimate of drug-likeness (QED) is 0.649. The highest BCUT2D eigenvalue weighted by Gasteiger charge is 2.82. The number of nitrogens with one attached hydrogen (secondary N) is 1. The van der Waals surface area contributed by atoms with E-state index in [9.17, 15) is 48.0 Å². The molecule has 25 heavy (non-hydrogen) atoms. The highest BCUT2D eigenvalue weighted by atomic mass is 32.2. The van der Waals surface area contributed by atoms with Gasteiger partial charge in [-0.3, -0.25) is 4.79 Å². The van der Waals surface area contributed by atoms with Crippen LogP contribution < -0.4 is 4.72 Å². The number of halogens is 6. The Kier molecular flexibility index (Phi) is 5.77. The molecule has 0 unspecified atom stereocenters. The van der Waals surface area contributed by atoms with Crippen LogP contribution in [0.2, 0.25) is 0 Å². The van der Waals surface area contributed by atoms with Crippen molar-refractivity contribution in [1.29, 1.82) is 0 Å². The number of amides is 1. The van der Waals surface area contributed by atoms with Crippen LogP contribution in [0.25, 0.3) is 0 Å². The van der Waals surface area contributed by atoms with Crippen LogP contribution in [0.15, 0.2) is 0 Å². The molecule has 1 N–H and O–H groups in total. The molecule has 1 heterocycles. The maximum atomic E-state index is 13.9. The van der Waals surface area contributed by atoms with Crippen LogP contribution in [0, 0.1) is 0 Å². The number of hydrogen-bond donors (Lipinski definition) is 1. The SMILES string of the molecule is CC(=O)NS(=O)(=O)C(F)(F)C(F)(F)C(F)(F)S(=O)(=O)N1CCCCC1. The molecule has 1 aliphatic heterocycles. The standard InChI is InChI=1S/C10H14F6N2O5S2/c1-7(19)17-24(20,21)9(13,14)8(11,12)10(15,16)25(22,23)18-5-3-2-4-6-18/h2-6H2,1H3,(H,17,19). The van der Waals surface area contributed by atoms with Crippen molar-refractivity contribution in [3.63, 3.8) is 0 Å². The second kappa shape index (κ2) is 6.57. The fourth-order valence-corrected chi connectivity index (χ4v) is 4.57. The lowest BCUT2D eigenvalue weighted by atomic mass is 10.2. The number of hydrogen-bond acceptors (Lipinski definition) is 5. The summed E-state index contributed by atoms with van der Waals surface area (Å²) in [6.07, 6.45) is 0.504. The summed E-state index contributed by atoms with van der Waals surface area (Å²) < 4.78 is 129. The molecule has 0 aromatic carbocycles. The highest BCUT2D eigenvalue weighted by Crippen LogP contribution is 2.51. The lowest BCUT2D eigenvalue weighted by Gasteiger charge is -2.35. The molecule has 0 spiro atoms. The van der Waals surface area contributed by atoms with Gasteiger partial charge in [-0.25, -0.2) is 13.1 Å². The highest BCUT2D eigenvalue weighted by molar-refractivity contribution is 7.91. The van der Waals surface area contributed by atoms with E-state index >= 15 is 0 Å². The molecule has 1 aliphatic rings. The predicted octanol–water partition coefficient (Wildman–Crippen LogP) is 1.09. The molecule has 148 valence electrons. The molecule has 1 saturated heterocycles. The van der Waals surface area contributed by atoms with E-state index in [0.29, 0.717) is 18.1 Å². The number of piperidine rings is 1. The first-order valence-electron chi connectivity index (χ1n) is 6.68. The van der Waals surface area contributed by atoms with Crippen molar-refractivity contribution >= 4 is 26.0 Å². The maximum absolute atomic E-state index is 13.9. The fourth-order valence-electron chi connectivity index (χ4n) is 2.02. The van der Waals surface area contributed by atoms with Crippen LogP contribution in [0.3, 0.4) is 0 Å². The fraction of sp³-hybridized carbons (Fsp3) is 0.900. The van der Waals surface area contributed by atoms with Crippen molar-refractivity contribution in [1.82, 2.24) is 9.03 Å². The minimum absolute atomic E-state index is 0.0431. The smallest absolute Gasteiger partial charge is 0.274 e. The van der Waals surface area contributed by atoms with Gasteiger partial charge in [0.25, 0.3) is 10.0 Å². The van der Waals surface area contributed by atoms with E-state index in [1.807, 2.05) is 0 Å². The van der Waals surface area contributed by atoms with Gasteiger partial charge in [-0.2, -0.15) is 39.1 Å². The maximum Gasteiger partial charge on any atom is 0.433 e. The Labute approximate surface area is 139 Å². The van der Waals surface area contributed by atoms with Crippen molar-refractivity contribution in [2.45, 2.75) is 42.6 Å². The molecule has 0 atom stereocenters. The lowest BCUT2D eigenvalue weighted by molar-refractivity contribution is -0.245. The summed E-state index contributed by atoms with van der Waals surface area (Å²) in [6.45, 7) is -0.843. The zero-order valence-corrected chi connectivity index (χ0v) is 14.2. The molecule has 1 amide bonds. The molecular weight excluding hydrogens is 406 g/mol. The average Bonchev–Trinajstić information content (AvgIpc) is 2.46. The molecule has 1 fully saturated rings. The van der Waals surface area contributed by atoms with Crippen LogP contribution >= 0.6 is 0 Å². The van der Waals surface area contributed by atoms with Crippen molar-refractivity contribution in [3.05, 3.63) is 0 Å². The molecule has 0 saturated carbocycles. The summed E-state index contributed by atoms with van der Waals surface area (Å²) in [5, 5.41) is -13.0. The van der Waals surface area contributed by atoms with Crippen LogP contribution in [-0.2, 0) is 24.8 Å². The topological polar surface area (TPSA) is 101 Å². The summed E-state index contributed by atoms with van der Waals surface area (Å²) in [7, 11) is -12.9. The number of carbonyl (C=O) groups is 1. The van der Waals surface area contributed by atoms with E-state index in [1.54, 1.807) is 0 Å². The summed E-state index contributed by atoms with van der Waals surface area (Å²) >= 11 is 0. The molecule has 0 aromatic heterocycles. The Morgan fingerprint density at radius 1 is 0.880 bits per heavy atom. The number of nitrogens with zero attached hydrogens (tertiary/aromatic N) is 1. The third kappa shape index (κ3) is 3.45. The molecule has 1 rings (SSSR count). The van der Waals surface area contributed by atoms with Crippen LogP contribution in [0.5, 0.6) is 0 Å². The summed E-state index contributed by atoms with van der Waals surface area (Å²) in [6, 6.07) is 0. The van der Waals surface area contributed by atoms with E-state index in [0.717, 1.165) is 0 Å². The zero-order valence-electron chi connectivity index (χ0n) is 12.6. The third-order valence-corrected chi connectivity index (χ3v) is 6.76. The monoisotopic (exact) mass is 420 g/mol. The first-order valence-corrected chi connectivity index (χ1v) is 9.61. The lowest BCUT2D eigenvalue weighted by Crippen LogP contribution is -2.65. The first kappa shape index (κ1) is 22.0. The Balaban J connectivity index is 3.40. The van der Waals surface area contributed by atoms with E-state index < -0.39 is 55.5 Å². The van der Waals surface area contributed by atoms with Crippen LogP contribution in [-0.4, -0.2) is 56.6 Å². The van der Waals surface area contributed by atoms with E-state index in [-0.39, 0.29) is 17.1 Å². The number of carbonyl (C=O) groups excluding carboxylic acids is 1. The Hall–Kier alpha value is -1.09. The van der Waals surface area contributed by atoms with Gasteiger partial charge in [0.15, 0.2) is 0 Å². The van der Waals surface area contributed by atoms with Crippen molar-refractivity contribution in [2.75, 3.05) is 13.1 Å². The molecule has 0 aromatic rings. The van der Waals surface area contributed by atoms with Gasteiger partial charge >= 0.3 is 26.5 Å². The zero-order chi connectivity index (χ0) is 19.9. The van der Waals surface area contributed by atoms with Crippen molar-refractivity contribution in [3.8, 4) is 0 Å². The van der Waals surface area contributed by atoms with Crippen LogP contribution in [0.4, 0.5) is 26.3 Å². The van der Waals surface area contributed by atoms with Gasteiger partial charge in [0.05, 0.1) is 0 Å². The van der Waals surface area contributed by atoms with Crippen molar-refractivity contribution in [2.24, 2.45) is 0 Å². The molecule has 0 radical (unpaired) electrons. The molecule has 15 heteroatoms. The molecule has 0 aliphatic carbocycles. The summed E-state index contributed by atoms with van der Waals surface area (Å²) in [4.78, 5) is 10.5. The molecule has 0 bridgehead atoms. The van der Waals surface area contributed by atoms with E-state index in [4.69, 9.17) is 0 Å². The Morgan fingerprint density at radius 3 is 1.72 bits per heavy atom. The minimum Gasteiger partial charge on any atom is -0.274 e. The number of sulfonamides is 2. The summed E-state index contributed by atoms with van der Waals surface area (Å²) in [5.74, 6) is -8.60. The molecular formula is C10H14F6N2O5S2. The summed E-state index contributed by atoms with van der Waals surface area (Å²) in [5.41, 5.74) is 0. The van der Waals surface area contributed by atoms with Gasteiger partial charge in [0, 0.05) is 20.0 Å². The number of rotatable bonds is 6.